The maximum Gasteiger partial charge on any atom is 0.261 e. The van der Waals surface area contributed by atoms with Gasteiger partial charge in [0.15, 0.2) is 6.29 Å². The van der Waals surface area contributed by atoms with Crippen LogP contribution in [0.25, 0.3) is 0 Å². The molecule has 0 spiro atoms. The fourth-order valence-corrected chi connectivity index (χ4v) is 11.3. The molecule has 1 saturated heterocycles. The Kier molecular flexibility index (Phi) is 15.7. The number of benzene rings is 2. The summed E-state index contributed by atoms with van der Waals surface area (Å²) in [5, 5.41) is 2.56. The van der Waals surface area contributed by atoms with Gasteiger partial charge in [-0.05, 0) is 86.5 Å². The molecule has 0 bridgehead atoms. The molecular formula is C41H62O4Si. The van der Waals surface area contributed by atoms with E-state index in [2.05, 4.69) is 114 Å². The zero-order chi connectivity index (χ0) is 33.6. The predicted octanol–water partition coefficient (Wildman–Crippen LogP) is 9.57. The second-order valence-electron chi connectivity index (χ2n) is 14.9. The molecule has 254 valence electrons. The Hall–Kier alpha value is -2.31. The predicted molar refractivity (Wildman–Crippen MR) is 196 cm³/mol. The van der Waals surface area contributed by atoms with E-state index in [1.165, 1.54) is 27.9 Å². The molecule has 46 heavy (non-hydrogen) atoms. The third-order valence-corrected chi connectivity index (χ3v) is 14.5. The Labute approximate surface area is 282 Å². The van der Waals surface area contributed by atoms with Crippen molar-refractivity contribution in [1.29, 1.82) is 0 Å². The van der Waals surface area contributed by atoms with Crippen LogP contribution in [-0.2, 0) is 18.7 Å². The molecule has 0 aromatic heterocycles. The summed E-state index contributed by atoms with van der Waals surface area (Å²) >= 11 is 0. The summed E-state index contributed by atoms with van der Waals surface area (Å²) in [5.41, 5.74) is 2.62. The lowest BCUT2D eigenvalue weighted by Gasteiger charge is -2.45. The third-order valence-electron chi connectivity index (χ3n) is 9.39. The molecule has 2 aromatic carbocycles. The highest BCUT2D eigenvalue weighted by Crippen LogP contribution is 2.39. The zero-order valence-electron chi connectivity index (χ0n) is 30.1. The molecule has 2 aromatic rings. The molecule has 0 N–H and O–H groups in total. The van der Waals surface area contributed by atoms with Crippen LogP contribution in [0.3, 0.4) is 0 Å². The van der Waals surface area contributed by atoms with Crippen LogP contribution in [0.2, 0.25) is 5.04 Å². The number of carbonyl (C=O) groups is 1. The second-order valence-corrected chi connectivity index (χ2v) is 19.1. The lowest BCUT2D eigenvalue weighted by atomic mass is 9.94. The first-order valence-electron chi connectivity index (χ1n) is 17.8. The normalized spacial score (nSPS) is 18.1. The summed E-state index contributed by atoms with van der Waals surface area (Å²) in [6, 6.07) is 22.0. The smallest absolute Gasteiger partial charge is 0.261 e. The third kappa shape index (κ3) is 11.7. The van der Waals surface area contributed by atoms with E-state index in [1.807, 2.05) is 13.8 Å². The minimum absolute atomic E-state index is 0.0669. The lowest BCUT2D eigenvalue weighted by molar-refractivity contribution is -0.155. The number of allylic oxidation sites excluding steroid dienone is 2. The average Bonchev–Trinajstić information content (AvgIpc) is 3.03. The van der Waals surface area contributed by atoms with Crippen molar-refractivity contribution in [1.82, 2.24) is 0 Å². The standard InChI is InChI=1S/C41H62O4Si/c1-32(2)39(42)26-25-33(3)18-17-19-34(4)30-36(31-35(5)27-29-44-40-24-15-16-28-43-40)45-46(41(6,7)8,37-20-11-9-12-21-37)38-22-13-10-14-23-38/h9-14,18,20-23,27,32,34,36,40H,15-17,19,24-26,28-31H2,1-8H3/b33-18+,35-27-/t34-,36?,40?/m0/s1. The molecule has 3 rings (SSSR count). The van der Waals surface area contributed by atoms with E-state index in [9.17, 15) is 4.79 Å². The molecule has 0 radical (unpaired) electrons. The van der Waals surface area contributed by atoms with Crippen molar-refractivity contribution < 1.29 is 18.7 Å². The first kappa shape index (κ1) is 38.1. The number of carbonyl (C=O) groups excluding carboxylic acids is 1. The summed E-state index contributed by atoms with van der Waals surface area (Å²) in [6.07, 6.45) is 13.3. The maximum absolute atomic E-state index is 12.1. The van der Waals surface area contributed by atoms with Gasteiger partial charge >= 0.3 is 0 Å². The van der Waals surface area contributed by atoms with Crippen molar-refractivity contribution in [2.75, 3.05) is 13.2 Å². The summed E-state index contributed by atoms with van der Waals surface area (Å²) < 4.78 is 19.6. The fourth-order valence-electron chi connectivity index (χ4n) is 6.59. The number of ketones is 1. The van der Waals surface area contributed by atoms with Gasteiger partial charge in [0.2, 0.25) is 0 Å². The van der Waals surface area contributed by atoms with Gasteiger partial charge in [0.05, 0.1) is 6.61 Å². The van der Waals surface area contributed by atoms with Crippen LogP contribution in [0.15, 0.2) is 84.0 Å². The minimum Gasteiger partial charge on any atom is -0.404 e. The number of hydrogen-bond donors (Lipinski definition) is 0. The van der Waals surface area contributed by atoms with Crippen LogP contribution in [0.1, 0.15) is 113 Å². The molecule has 3 atom stereocenters. The molecular weight excluding hydrogens is 585 g/mol. The van der Waals surface area contributed by atoms with Crippen molar-refractivity contribution in [2.24, 2.45) is 11.8 Å². The topological polar surface area (TPSA) is 44.8 Å². The van der Waals surface area contributed by atoms with E-state index in [0.717, 1.165) is 51.6 Å². The van der Waals surface area contributed by atoms with E-state index in [1.54, 1.807) is 0 Å². The zero-order valence-corrected chi connectivity index (χ0v) is 31.1. The summed E-state index contributed by atoms with van der Waals surface area (Å²) in [5.74, 6) is 0.957. The first-order chi connectivity index (χ1) is 21.9. The van der Waals surface area contributed by atoms with Crippen molar-refractivity contribution >= 4 is 24.5 Å². The first-order valence-corrected chi connectivity index (χ1v) is 19.7. The molecule has 1 aliphatic heterocycles. The summed E-state index contributed by atoms with van der Waals surface area (Å²) in [4.78, 5) is 12.1. The van der Waals surface area contributed by atoms with Crippen LogP contribution in [0, 0.1) is 11.8 Å². The molecule has 1 heterocycles. The van der Waals surface area contributed by atoms with E-state index < -0.39 is 8.32 Å². The van der Waals surface area contributed by atoms with E-state index >= 15 is 0 Å². The molecule has 5 heteroatoms. The highest BCUT2D eigenvalue weighted by molar-refractivity contribution is 6.99. The molecule has 2 unspecified atom stereocenters. The minimum atomic E-state index is -2.71. The van der Waals surface area contributed by atoms with Gasteiger partial charge < -0.3 is 13.9 Å². The van der Waals surface area contributed by atoms with E-state index in [-0.39, 0.29) is 23.4 Å². The Morgan fingerprint density at radius 3 is 2.09 bits per heavy atom. The number of Topliss-reactive ketones (excluding diaryl/α,β-unsaturated/α-hetero) is 1. The SMILES string of the molecule is C/C(=C/COC1CCCCO1)CC(C[C@@H](C)CC/C=C(\C)CCC(=O)C(C)C)O[Si](c1ccccc1)(c1ccccc1)C(C)(C)C. The Bertz CT molecular complexity index is 1180. The van der Waals surface area contributed by atoms with Gasteiger partial charge in [0.1, 0.15) is 5.78 Å². The highest BCUT2D eigenvalue weighted by Gasteiger charge is 2.51. The van der Waals surface area contributed by atoms with Gasteiger partial charge in [-0.1, -0.05) is 126 Å². The molecule has 1 fully saturated rings. The van der Waals surface area contributed by atoms with Crippen LogP contribution in [-0.4, -0.2) is 39.7 Å². The molecule has 1 aliphatic rings. The Morgan fingerprint density at radius 2 is 1.54 bits per heavy atom. The van der Waals surface area contributed by atoms with Gasteiger partial charge in [-0.25, -0.2) is 0 Å². The van der Waals surface area contributed by atoms with Crippen LogP contribution >= 0.6 is 0 Å². The van der Waals surface area contributed by atoms with Crippen molar-refractivity contribution in [3.05, 3.63) is 84.0 Å². The molecule has 0 aliphatic carbocycles. The lowest BCUT2D eigenvalue weighted by Crippen LogP contribution is -2.67. The van der Waals surface area contributed by atoms with Crippen molar-refractivity contribution in [2.45, 2.75) is 131 Å². The number of hydrogen-bond acceptors (Lipinski definition) is 4. The van der Waals surface area contributed by atoms with Gasteiger partial charge in [-0.2, -0.15) is 0 Å². The van der Waals surface area contributed by atoms with Crippen LogP contribution in [0.5, 0.6) is 0 Å². The van der Waals surface area contributed by atoms with Gasteiger partial charge in [0, 0.05) is 25.0 Å². The Balaban J connectivity index is 1.84. The maximum atomic E-state index is 12.1. The van der Waals surface area contributed by atoms with Gasteiger partial charge in [-0.3, -0.25) is 4.79 Å². The van der Waals surface area contributed by atoms with Crippen molar-refractivity contribution in [3.63, 3.8) is 0 Å². The van der Waals surface area contributed by atoms with Gasteiger partial charge in [0.25, 0.3) is 8.32 Å². The summed E-state index contributed by atoms with van der Waals surface area (Å²) in [7, 11) is -2.71. The fraction of sp³-hybridized carbons (Fsp3) is 0.585. The van der Waals surface area contributed by atoms with E-state index in [4.69, 9.17) is 13.9 Å². The van der Waals surface area contributed by atoms with Crippen LogP contribution in [0.4, 0.5) is 0 Å². The van der Waals surface area contributed by atoms with Crippen molar-refractivity contribution in [3.8, 4) is 0 Å². The Morgan fingerprint density at radius 1 is 0.913 bits per heavy atom. The number of ether oxygens (including phenoxy) is 2. The molecule has 0 amide bonds. The quantitative estimate of drug-likeness (QED) is 0.120. The van der Waals surface area contributed by atoms with E-state index in [0.29, 0.717) is 24.7 Å². The highest BCUT2D eigenvalue weighted by atomic mass is 28.4. The summed E-state index contributed by atoms with van der Waals surface area (Å²) in [6.45, 7) is 19.2. The number of rotatable bonds is 18. The molecule has 4 nitrogen and oxygen atoms in total. The van der Waals surface area contributed by atoms with Gasteiger partial charge in [-0.15, -0.1) is 0 Å². The monoisotopic (exact) mass is 646 g/mol. The second kappa shape index (κ2) is 18.9. The molecule has 0 saturated carbocycles. The largest absolute Gasteiger partial charge is 0.404 e. The average molecular weight is 647 g/mol. The van der Waals surface area contributed by atoms with Crippen LogP contribution < -0.4 is 10.4 Å².